The highest BCUT2D eigenvalue weighted by Gasteiger charge is 2.27. The number of nitrogens with zero attached hydrogens (tertiary/aromatic N) is 2. The minimum atomic E-state index is -0.540. The molecular weight excluding hydrogens is 478 g/mol. The van der Waals surface area contributed by atoms with E-state index < -0.39 is 11.2 Å². The van der Waals surface area contributed by atoms with Crippen LogP contribution in [0, 0.1) is 5.92 Å². The molecular formula is C27H47N3O7. The summed E-state index contributed by atoms with van der Waals surface area (Å²) >= 11 is 0. The van der Waals surface area contributed by atoms with E-state index in [1.54, 1.807) is 9.80 Å². The van der Waals surface area contributed by atoms with Crippen LogP contribution in [0.2, 0.25) is 0 Å². The summed E-state index contributed by atoms with van der Waals surface area (Å²) in [5, 5.41) is 2.74. The van der Waals surface area contributed by atoms with E-state index in [1.807, 2.05) is 41.5 Å². The zero-order valence-corrected chi connectivity index (χ0v) is 23.6. The van der Waals surface area contributed by atoms with Crippen molar-refractivity contribution in [3.8, 4) is 0 Å². The molecule has 212 valence electrons. The summed E-state index contributed by atoms with van der Waals surface area (Å²) in [6.07, 6.45) is 4.87. The third-order valence-electron chi connectivity index (χ3n) is 6.37. The Labute approximate surface area is 221 Å². The van der Waals surface area contributed by atoms with Crippen molar-refractivity contribution in [2.45, 2.75) is 104 Å². The number of ether oxygens (including phenoxy) is 3. The topological polar surface area (TPSA) is 114 Å². The molecule has 0 saturated carbocycles. The molecule has 0 bridgehead atoms. The highest BCUT2D eigenvalue weighted by molar-refractivity contribution is 5.84. The summed E-state index contributed by atoms with van der Waals surface area (Å²) in [6, 6.07) is 0. The number of hydrogen-bond donors (Lipinski definition) is 1. The molecule has 2 saturated heterocycles. The molecule has 0 aromatic rings. The average Bonchev–Trinajstić information content (AvgIpc) is 2.80. The first kappa shape index (κ1) is 30.9. The Morgan fingerprint density at radius 3 is 1.95 bits per heavy atom. The van der Waals surface area contributed by atoms with Gasteiger partial charge >= 0.3 is 12.1 Å². The number of likely N-dealkylation sites (tertiary alicyclic amines) is 2. The van der Waals surface area contributed by atoms with Gasteiger partial charge in [-0.2, -0.15) is 0 Å². The lowest BCUT2D eigenvalue weighted by Crippen LogP contribution is -2.45. The fraction of sp³-hybridized carbons (Fsp3) is 0.852. The van der Waals surface area contributed by atoms with Crippen molar-refractivity contribution in [1.82, 2.24) is 15.1 Å². The Balaban J connectivity index is 1.54. The number of carbonyl (C=O) groups excluding carboxylic acids is 4. The van der Waals surface area contributed by atoms with Gasteiger partial charge in [0, 0.05) is 32.6 Å². The Morgan fingerprint density at radius 2 is 1.38 bits per heavy atom. The maximum Gasteiger partial charge on any atom is 0.410 e. The van der Waals surface area contributed by atoms with Crippen LogP contribution in [0.15, 0.2) is 0 Å². The van der Waals surface area contributed by atoms with Crippen molar-refractivity contribution in [3.05, 3.63) is 0 Å². The first-order valence-electron chi connectivity index (χ1n) is 13.6. The first-order valence-corrected chi connectivity index (χ1v) is 13.6. The van der Waals surface area contributed by atoms with Gasteiger partial charge in [0.05, 0.1) is 12.6 Å². The van der Waals surface area contributed by atoms with Gasteiger partial charge in [0.2, 0.25) is 11.8 Å². The predicted molar refractivity (Wildman–Crippen MR) is 139 cm³/mol. The maximum atomic E-state index is 12.5. The molecule has 0 radical (unpaired) electrons. The van der Waals surface area contributed by atoms with Crippen molar-refractivity contribution in [1.29, 1.82) is 0 Å². The molecule has 0 unspecified atom stereocenters. The number of esters is 1. The van der Waals surface area contributed by atoms with Crippen LogP contribution in [0.3, 0.4) is 0 Å². The van der Waals surface area contributed by atoms with Gasteiger partial charge in [0.25, 0.3) is 0 Å². The molecule has 2 rings (SSSR count). The Bertz CT molecular complexity index is 772. The largest absolute Gasteiger partial charge is 0.458 e. The van der Waals surface area contributed by atoms with Crippen LogP contribution in [0.5, 0.6) is 0 Å². The van der Waals surface area contributed by atoms with Crippen LogP contribution in [0.4, 0.5) is 4.79 Å². The van der Waals surface area contributed by atoms with Crippen molar-refractivity contribution in [3.63, 3.8) is 0 Å². The smallest absolute Gasteiger partial charge is 0.410 e. The lowest BCUT2D eigenvalue weighted by molar-refractivity contribution is -0.163. The maximum absolute atomic E-state index is 12.5. The monoisotopic (exact) mass is 525 g/mol. The van der Waals surface area contributed by atoms with Crippen molar-refractivity contribution in [2.75, 3.05) is 39.3 Å². The first-order chi connectivity index (χ1) is 17.2. The Kier molecular flexibility index (Phi) is 11.7. The van der Waals surface area contributed by atoms with Gasteiger partial charge in [0.15, 0.2) is 0 Å². The number of carbonyl (C=O) groups is 4. The minimum absolute atomic E-state index is 0.00343. The molecule has 0 aromatic heterocycles. The van der Waals surface area contributed by atoms with Crippen LogP contribution in [-0.2, 0) is 28.6 Å². The number of nitrogens with one attached hydrogen (secondary N) is 1. The molecule has 2 heterocycles. The van der Waals surface area contributed by atoms with E-state index in [0.29, 0.717) is 51.4 Å². The molecule has 10 heteroatoms. The van der Waals surface area contributed by atoms with Gasteiger partial charge in [0.1, 0.15) is 17.8 Å². The van der Waals surface area contributed by atoms with Gasteiger partial charge < -0.3 is 29.3 Å². The van der Waals surface area contributed by atoms with Crippen LogP contribution in [-0.4, -0.2) is 90.3 Å². The molecule has 3 amide bonds. The van der Waals surface area contributed by atoms with Crippen molar-refractivity contribution >= 4 is 23.9 Å². The van der Waals surface area contributed by atoms with E-state index in [-0.39, 0.29) is 43.1 Å². The molecule has 2 aliphatic heterocycles. The summed E-state index contributed by atoms with van der Waals surface area (Å²) in [7, 11) is 0. The second-order valence-electron chi connectivity index (χ2n) is 12.1. The van der Waals surface area contributed by atoms with Gasteiger partial charge in [-0.3, -0.25) is 9.59 Å². The highest BCUT2D eigenvalue weighted by Crippen LogP contribution is 2.24. The summed E-state index contributed by atoms with van der Waals surface area (Å²) < 4.78 is 16.3. The molecule has 0 atom stereocenters. The summed E-state index contributed by atoms with van der Waals surface area (Å²) in [5.41, 5.74) is -1.03. The van der Waals surface area contributed by atoms with Crippen LogP contribution in [0.1, 0.15) is 86.5 Å². The van der Waals surface area contributed by atoms with Crippen molar-refractivity contribution < 1.29 is 33.4 Å². The lowest BCUT2D eigenvalue weighted by atomic mass is 9.91. The van der Waals surface area contributed by atoms with Gasteiger partial charge in [-0.05, 0) is 86.0 Å². The fourth-order valence-electron chi connectivity index (χ4n) is 4.49. The second kappa shape index (κ2) is 14.0. The molecule has 37 heavy (non-hydrogen) atoms. The number of amides is 3. The Hall–Kier alpha value is -2.36. The molecule has 0 aliphatic carbocycles. The van der Waals surface area contributed by atoms with E-state index >= 15 is 0 Å². The normalized spacial score (nSPS) is 17.9. The fourth-order valence-corrected chi connectivity index (χ4v) is 4.49. The number of hydrogen-bond acceptors (Lipinski definition) is 7. The molecule has 0 spiro atoms. The standard InChI is InChI=1S/C27H47N3O7/c1-26(2,3)36-24(33)19-35-21-12-16-29(17-13-21)23(32)18-28-22(31)9-7-8-20-10-14-30(15-11-20)25(34)37-27(4,5)6/h20-21H,7-19H2,1-6H3,(H,28,31). The average molecular weight is 526 g/mol. The van der Waals surface area contributed by atoms with Crippen LogP contribution in [0.25, 0.3) is 0 Å². The third-order valence-corrected chi connectivity index (χ3v) is 6.37. The van der Waals surface area contributed by atoms with E-state index in [1.165, 1.54) is 0 Å². The van der Waals surface area contributed by atoms with Crippen LogP contribution < -0.4 is 5.32 Å². The summed E-state index contributed by atoms with van der Waals surface area (Å²) in [5.74, 6) is -0.115. The van der Waals surface area contributed by atoms with Gasteiger partial charge in [-0.1, -0.05) is 0 Å². The molecule has 0 aromatic carbocycles. The van der Waals surface area contributed by atoms with E-state index in [0.717, 1.165) is 25.7 Å². The quantitative estimate of drug-likeness (QED) is 0.460. The molecule has 2 aliphatic rings. The van der Waals surface area contributed by atoms with Gasteiger partial charge in [-0.25, -0.2) is 9.59 Å². The van der Waals surface area contributed by atoms with E-state index in [9.17, 15) is 19.2 Å². The van der Waals surface area contributed by atoms with Crippen LogP contribution >= 0.6 is 0 Å². The van der Waals surface area contributed by atoms with E-state index in [4.69, 9.17) is 14.2 Å². The number of piperidine rings is 2. The highest BCUT2D eigenvalue weighted by atomic mass is 16.6. The molecule has 2 fully saturated rings. The predicted octanol–water partition coefficient (Wildman–Crippen LogP) is 3.27. The van der Waals surface area contributed by atoms with E-state index in [2.05, 4.69) is 5.32 Å². The summed E-state index contributed by atoms with van der Waals surface area (Å²) in [4.78, 5) is 52.2. The number of rotatable bonds is 9. The SMILES string of the molecule is CC(C)(C)OC(=O)COC1CCN(C(=O)CNC(=O)CCCC2CCN(C(=O)OC(C)(C)C)CC2)CC1. The zero-order chi connectivity index (χ0) is 27.6. The Morgan fingerprint density at radius 1 is 0.811 bits per heavy atom. The van der Waals surface area contributed by atoms with Gasteiger partial charge in [-0.15, -0.1) is 0 Å². The second-order valence-corrected chi connectivity index (χ2v) is 12.1. The third kappa shape index (κ3) is 12.6. The zero-order valence-electron chi connectivity index (χ0n) is 23.6. The minimum Gasteiger partial charge on any atom is -0.458 e. The molecule has 10 nitrogen and oxygen atoms in total. The summed E-state index contributed by atoms with van der Waals surface area (Å²) in [6.45, 7) is 13.4. The lowest BCUT2D eigenvalue weighted by Gasteiger charge is -2.33. The molecule has 1 N–H and O–H groups in total. The van der Waals surface area contributed by atoms with Crippen molar-refractivity contribution in [2.24, 2.45) is 5.92 Å².